The van der Waals surface area contributed by atoms with Crippen molar-refractivity contribution in [2.24, 2.45) is 0 Å². The van der Waals surface area contributed by atoms with E-state index in [-0.39, 0.29) is 11.6 Å². The van der Waals surface area contributed by atoms with Gasteiger partial charge < -0.3 is 9.84 Å². The van der Waals surface area contributed by atoms with Gasteiger partial charge in [-0.3, -0.25) is 0 Å². The molecule has 1 aromatic heterocycles. The first-order chi connectivity index (χ1) is 6.24. The predicted molar refractivity (Wildman–Crippen MR) is 50.0 cm³/mol. The second-order valence-electron chi connectivity index (χ2n) is 2.57. The summed E-state index contributed by atoms with van der Waals surface area (Å²) in [7, 11) is 1.49. The van der Waals surface area contributed by atoms with Crippen LogP contribution < -0.4 is 4.74 Å². The van der Waals surface area contributed by atoms with E-state index in [0.29, 0.717) is 15.8 Å². The summed E-state index contributed by atoms with van der Waals surface area (Å²) in [6, 6.07) is 2.57. The van der Waals surface area contributed by atoms with Crippen LogP contribution in [-0.4, -0.2) is 12.2 Å². The van der Waals surface area contributed by atoms with Crippen LogP contribution >= 0.6 is 11.3 Å². The molecule has 0 aliphatic rings. The molecule has 0 aliphatic heterocycles. The van der Waals surface area contributed by atoms with Crippen LogP contribution in [0.3, 0.4) is 0 Å². The van der Waals surface area contributed by atoms with Crippen LogP contribution in [0.2, 0.25) is 0 Å². The predicted octanol–water partition coefficient (Wildman–Crippen LogP) is 2.75. The third kappa shape index (κ3) is 1.14. The fourth-order valence-electron chi connectivity index (χ4n) is 1.22. The third-order valence-electron chi connectivity index (χ3n) is 1.84. The summed E-state index contributed by atoms with van der Waals surface area (Å²) in [6.45, 7) is 0. The lowest BCUT2D eigenvalue weighted by Crippen LogP contribution is -1.81. The normalized spacial score (nSPS) is 10.6. The number of thiophene rings is 1. The van der Waals surface area contributed by atoms with E-state index in [1.54, 1.807) is 5.38 Å². The molecule has 0 radical (unpaired) electrons. The minimum absolute atomic E-state index is 0.0505. The lowest BCUT2D eigenvalue weighted by Gasteiger charge is -1.99. The van der Waals surface area contributed by atoms with Crippen molar-refractivity contribution in [3.63, 3.8) is 0 Å². The Labute approximate surface area is 78.2 Å². The molecule has 0 spiro atoms. The Balaban J connectivity index is 2.87. The van der Waals surface area contributed by atoms with Gasteiger partial charge in [-0.1, -0.05) is 0 Å². The molecule has 0 atom stereocenters. The molecule has 0 fully saturated rings. The van der Waals surface area contributed by atoms with Crippen molar-refractivity contribution in [2.45, 2.75) is 0 Å². The van der Waals surface area contributed by atoms with Crippen molar-refractivity contribution in [3.05, 3.63) is 23.3 Å². The Bertz CT molecular complexity index is 450. The van der Waals surface area contributed by atoms with Gasteiger partial charge in [0.15, 0.2) is 0 Å². The highest BCUT2D eigenvalue weighted by Gasteiger charge is 2.12. The Morgan fingerprint density at radius 3 is 2.92 bits per heavy atom. The highest BCUT2D eigenvalue weighted by Crippen LogP contribution is 2.39. The number of phenolic OH excluding ortho intramolecular Hbond substituents is 1. The van der Waals surface area contributed by atoms with E-state index in [1.165, 1.54) is 30.6 Å². The summed E-state index contributed by atoms with van der Waals surface area (Å²) in [5.74, 6) is 0.229. The lowest BCUT2D eigenvalue weighted by molar-refractivity contribution is 0.417. The van der Waals surface area contributed by atoms with E-state index in [9.17, 15) is 9.50 Å². The minimum atomic E-state index is -0.332. The maximum absolute atomic E-state index is 13.2. The summed E-state index contributed by atoms with van der Waals surface area (Å²) in [5.41, 5.74) is 0. The highest BCUT2D eigenvalue weighted by atomic mass is 32.1. The SMILES string of the molecule is COc1csc2c(F)ccc(O)c12. The van der Waals surface area contributed by atoms with Crippen molar-refractivity contribution in [1.29, 1.82) is 0 Å². The summed E-state index contributed by atoms with van der Waals surface area (Å²) in [4.78, 5) is 0. The van der Waals surface area contributed by atoms with E-state index in [4.69, 9.17) is 4.74 Å². The molecule has 1 heterocycles. The molecule has 0 aliphatic carbocycles. The van der Waals surface area contributed by atoms with Crippen LogP contribution in [-0.2, 0) is 0 Å². The zero-order chi connectivity index (χ0) is 9.42. The van der Waals surface area contributed by atoms with Crippen molar-refractivity contribution < 1.29 is 14.2 Å². The first-order valence-electron chi connectivity index (χ1n) is 3.66. The molecule has 1 aromatic carbocycles. The van der Waals surface area contributed by atoms with Crippen molar-refractivity contribution in [1.82, 2.24) is 0 Å². The molecule has 2 nitrogen and oxygen atoms in total. The molecule has 0 amide bonds. The van der Waals surface area contributed by atoms with Gasteiger partial charge in [0.2, 0.25) is 0 Å². The van der Waals surface area contributed by atoms with Crippen LogP contribution in [0.15, 0.2) is 17.5 Å². The molecule has 2 aromatic rings. The number of rotatable bonds is 1. The van der Waals surface area contributed by atoms with E-state index in [2.05, 4.69) is 0 Å². The maximum Gasteiger partial charge on any atom is 0.141 e. The van der Waals surface area contributed by atoms with E-state index in [0.717, 1.165) is 0 Å². The standard InChI is InChI=1S/C9H7FO2S/c1-12-7-4-13-9-5(10)2-3-6(11)8(7)9/h2-4,11H,1H3. The van der Waals surface area contributed by atoms with E-state index >= 15 is 0 Å². The van der Waals surface area contributed by atoms with E-state index in [1.807, 2.05) is 0 Å². The number of ether oxygens (including phenoxy) is 1. The smallest absolute Gasteiger partial charge is 0.141 e. The number of methoxy groups -OCH3 is 1. The zero-order valence-corrected chi connectivity index (χ0v) is 7.69. The molecule has 2 rings (SSSR count). The number of fused-ring (bicyclic) bond motifs is 1. The number of halogens is 1. The van der Waals surface area contributed by atoms with Crippen LogP contribution in [0.5, 0.6) is 11.5 Å². The van der Waals surface area contributed by atoms with Gasteiger partial charge in [-0.05, 0) is 12.1 Å². The monoisotopic (exact) mass is 198 g/mol. The van der Waals surface area contributed by atoms with Gasteiger partial charge in [-0.2, -0.15) is 0 Å². The molecule has 0 saturated heterocycles. The van der Waals surface area contributed by atoms with Gasteiger partial charge in [0, 0.05) is 5.38 Å². The summed E-state index contributed by atoms with van der Waals surface area (Å²) < 4.78 is 18.6. The average molecular weight is 198 g/mol. The molecule has 68 valence electrons. The lowest BCUT2D eigenvalue weighted by atomic mass is 10.2. The Hall–Kier alpha value is -1.29. The van der Waals surface area contributed by atoms with Gasteiger partial charge >= 0.3 is 0 Å². The van der Waals surface area contributed by atoms with Crippen LogP contribution in [0.25, 0.3) is 10.1 Å². The second kappa shape index (κ2) is 2.88. The molecule has 1 N–H and O–H groups in total. The maximum atomic E-state index is 13.2. The van der Waals surface area contributed by atoms with Crippen molar-refractivity contribution in [2.75, 3.05) is 7.11 Å². The Kier molecular flexibility index (Phi) is 1.84. The van der Waals surface area contributed by atoms with Crippen LogP contribution in [0, 0.1) is 5.82 Å². The van der Waals surface area contributed by atoms with Gasteiger partial charge in [-0.25, -0.2) is 4.39 Å². The number of phenols is 1. The quantitative estimate of drug-likeness (QED) is 0.763. The fraction of sp³-hybridized carbons (Fsp3) is 0.111. The number of hydrogen-bond donors (Lipinski definition) is 1. The van der Waals surface area contributed by atoms with Crippen LogP contribution in [0.4, 0.5) is 4.39 Å². The molecular weight excluding hydrogens is 191 g/mol. The number of hydrogen-bond acceptors (Lipinski definition) is 3. The topological polar surface area (TPSA) is 29.5 Å². The third-order valence-corrected chi connectivity index (χ3v) is 2.80. The Morgan fingerprint density at radius 2 is 2.23 bits per heavy atom. The van der Waals surface area contributed by atoms with Crippen LogP contribution in [0.1, 0.15) is 0 Å². The average Bonchev–Trinajstić information content (AvgIpc) is 2.56. The molecular formula is C9H7FO2S. The molecule has 4 heteroatoms. The molecule has 0 bridgehead atoms. The summed E-state index contributed by atoms with van der Waals surface area (Å²) >= 11 is 1.22. The number of benzene rings is 1. The van der Waals surface area contributed by atoms with Gasteiger partial charge in [-0.15, -0.1) is 11.3 Å². The largest absolute Gasteiger partial charge is 0.507 e. The summed E-state index contributed by atoms with van der Waals surface area (Å²) in [6.07, 6.45) is 0. The first kappa shape index (κ1) is 8.31. The van der Waals surface area contributed by atoms with Crippen molar-refractivity contribution in [3.8, 4) is 11.5 Å². The minimum Gasteiger partial charge on any atom is -0.507 e. The van der Waals surface area contributed by atoms with Crippen molar-refractivity contribution >= 4 is 21.4 Å². The van der Waals surface area contributed by atoms with Gasteiger partial charge in [0.1, 0.15) is 17.3 Å². The van der Waals surface area contributed by atoms with Gasteiger partial charge in [0.05, 0.1) is 17.2 Å². The Morgan fingerprint density at radius 1 is 1.46 bits per heavy atom. The first-order valence-corrected chi connectivity index (χ1v) is 4.54. The molecule has 0 unspecified atom stereocenters. The van der Waals surface area contributed by atoms with E-state index < -0.39 is 0 Å². The molecule has 13 heavy (non-hydrogen) atoms. The highest BCUT2D eigenvalue weighted by molar-refractivity contribution is 7.17. The second-order valence-corrected chi connectivity index (χ2v) is 3.45. The molecule has 0 saturated carbocycles. The van der Waals surface area contributed by atoms with Gasteiger partial charge in [0.25, 0.3) is 0 Å². The zero-order valence-electron chi connectivity index (χ0n) is 6.87. The number of aromatic hydroxyl groups is 1. The summed E-state index contributed by atoms with van der Waals surface area (Å²) in [5, 5.41) is 11.6. The fourth-order valence-corrected chi connectivity index (χ4v) is 2.16.